The summed E-state index contributed by atoms with van der Waals surface area (Å²) in [6.07, 6.45) is 13.6. The van der Waals surface area contributed by atoms with Gasteiger partial charge >= 0.3 is 6.41 Å². The highest BCUT2D eigenvalue weighted by atomic mass is 16.1. The fourth-order valence-corrected chi connectivity index (χ4v) is 2.99. The molecule has 0 aromatic rings. The average molecular weight is 194 g/mol. The molecule has 2 fully saturated rings. The van der Waals surface area contributed by atoms with Gasteiger partial charge in [-0.1, -0.05) is 32.1 Å². The molecule has 0 aromatic heterocycles. The van der Waals surface area contributed by atoms with E-state index < -0.39 is 0 Å². The molecule has 2 aliphatic rings. The lowest BCUT2D eigenvalue weighted by atomic mass is 9.93. The molecule has 2 saturated carbocycles. The fraction of sp³-hybridized carbons (Fsp3) is 0.917. The van der Waals surface area contributed by atoms with Gasteiger partial charge in [0.05, 0.1) is 0 Å². The monoisotopic (exact) mass is 194 g/mol. The molecule has 0 bridgehead atoms. The van der Waals surface area contributed by atoms with Crippen LogP contribution in [0.5, 0.6) is 0 Å². The standard InChI is InChI=1S/C12H20NO/c14-10-13(12-8-4-5-9-12)11-6-2-1-3-7-11/h11-12H,1-9H2. The Morgan fingerprint density at radius 3 is 1.64 bits per heavy atom. The molecule has 2 nitrogen and oxygen atoms in total. The van der Waals surface area contributed by atoms with Crippen molar-refractivity contribution < 1.29 is 4.79 Å². The highest BCUT2D eigenvalue weighted by molar-refractivity contribution is 5.49. The van der Waals surface area contributed by atoms with Gasteiger partial charge in [0.25, 0.3) is 0 Å². The summed E-state index contributed by atoms with van der Waals surface area (Å²) in [4.78, 5) is 13.0. The maximum absolute atomic E-state index is 11.0. The third-order valence-corrected chi connectivity index (χ3v) is 3.79. The van der Waals surface area contributed by atoms with Crippen molar-refractivity contribution >= 4 is 6.41 Å². The van der Waals surface area contributed by atoms with Gasteiger partial charge in [-0.15, -0.1) is 0 Å². The molecule has 0 saturated heterocycles. The van der Waals surface area contributed by atoms with Crippen molar-refractivity contribution in [1.82, 2.24) is 4.90 Å². The van der Waals surface area contributed by atoms with Gasteiger partial charge in [-0.05, 0) is 25.7 Å². The minimum Gasteiger partial charge on any atom is -0.328 e. The van der Waals surface area contributed by atoms with E-state index >= 15 is 0 Å². The second kappa shape index (κ2) is 4.81. The van der Waals surface area contributed by atoms with E-state index in [0.29, 0.717) is 12.1 Å². The first kappa shape index (κ1) is 10.0. The molecule has 0 atom stereocenters. The SMILES string of the molecule is O=[C]N(C1CCCCC1)C1CCCC1. The van der Waals surface area contributed by atoms with Crippen LogP contribution in [0.2, 0.25) is 0 Å². The van der Waals surface area contributed by atoms with Crippen molar-refractivity contribution in [2.45, 2.75) is 69.9 Å². The number of amides is 1. The van der Waals surface area contributed by atoms with Crippen LogP contribution in [0.3, 0.4) is 0 Å². The number of rotatable bonds is 3. The van der Waals surface area contributed by atoms with Gasteiger partial charge in [0.2, 0.25) is 0 Å². The largest absolute Gasteiger partial charge is 0.328 e. The Morgan fingerprint density at radius 2 is 1.21 bits per heavy atom. The topological polar surface area (TPSA) is 20.3 Å². The molecule has 1 amide bonds. The Labute approximate surface area is 86.7 Å². The van der Waals surface area contributed by atoms with Crippen molar-refractivity contribution in [2.24, 2.45) is 0 Å². The molecule has 0 unspecified atom stereocenters. The predicted octanol–water partition coefficient (Wildman–Crippen LogP) is 2.63. The van der Waals surface area contributed by atoms with E-state index in [4.69, 9.17) is 0 Å². The molecular formula is C12H20NO. The number of nitrogens with zero attached hydrogens (tertiary/aromatic N) is 1. The van der Waals surface area contributed by atoms with Crippen LogP contribution in [0.4, 0.5) is 0 Å². The maximum atomic E-state index is 11.0. The van der Waals surface area contributed by atoms with Crippen LogP contribution in [0, 0.1) is 0 Å². The normalized spacial score (nSPS) is 25.1. The zero-order chi connectivity index (χ0) is 9.80. The van der Waals surface area contributed by atoms with Crippen LogP contribution in [-0.2, 0) is 4.79 Å². The molecule has 2 heteroatoms. The minimum atomic E-state index is 0.518. The van der Waals surface area contributed by atoms with E-state index in [9.17, 15) is 4.79 Å². The first-order chi connectivity index (χ1) is 6.92. The van der Waals surface area contributed by atoms with Gasteiger partial charge in [0.1, 0.15) is 0 Å². The van der Waals surface area contributed by atoms with Crippen molar-refractivity contribution in [3.8, 4) is 0 Å². The molecule has 2 rings (SSSR count). The second-order valence-electron chi connectivity index (χ2n) is 4.73. The molecule has 79 valence electrons. The Morgan fingerprint density at radius 1 is 0.786 bits per heavy atom. The van der Waals surface area contributed by atoms with E-state index in [0.717, 1.165) is 0 Å². The summed E-state index contributed by atoms with van der Waals surface area (Å²) in [6, 6.07) is 1.04. The Bertz CT molecular complexity index is 181. The lowest BCUT2D eigenvalue weighted by Crippen LogP contribution is -2.41. The van der Waals surface area contributed by atoms with E-state index in [1.165, 1.54) is 57.8 Å². The quantitative estimate of drug-likeness (QED) is 0.632. The molecule has 0 aromatic carbocycles. The smallest absolute Gasteiger partial charge is 0.312 e. The third-order valence-electron chi connectivity index (χ3n) is 3.79. The second-order valence-corrected chi connectivity index (χ2v) is 4.73. The van der Waals surface area contributed by atoms with E-state index in [1.807, 2.05) is 4.90 Å². The van der Waals surface area contributed by atoms with Crippen LogP contribution in [-0.4, -0.2) is 23.4 Å². The molecule has 0 heterocycles. The van der Waals surface area contributed by atoms with E-state index in [1.54, 1.807) is 0 Å². The average Bonchev–Trinajstić information content (AvgIpc) is 2.74. The molecule has 0 aliphatic heterocycles. The molecule has 0 spiro atoms. The van der Waals surface area contributed by atoms with Gasteiger partial charge in [-0.2, -0.15) is 0 Å². The summed E-state index contributed by atoms with van der Waals surface area (Å²) < 4.78 is 0. The van der Waals surface area contributed by atoms with Crippen LogP contribution in [0.25, 0.3) is 0 Å². The Balaban J connectivity index is 1.92. The van der Waals surface area contributed by atoms with Gasteiger partial charge in [-0.3, -0.25) is 4.79 Å². The molecular weight excluding hydrogens is 174 g/mol. The minimum absolute atomic E-state index is 0.518. The Kier molecular flexibility index (Phi) is 3.44. The van der Waals surface area contributed by atoms with Gasteiger partial charge in [-0.25, -0.2) is 0 Å². The summed E-state index contributed by atoms with van der Waals surface area (Å²) in [5, 5.41) is 0. The van der Waals surface area contributed by atoms with Gasteiger partial charge < -0.3 is 4.90 Å². The van der Waals surface area contributed by atoms with Crippen LogP contribution < -0.4 is 0 Å². The predicted molar refractivity (Wildman–Crippen MR) is 56.7 cm³/mol. The van der Waals surface area contributed by atoms with Gasteiger partial charge in [0.15, 0.2) is 0 Å². The summed E-state index contributed by atoms with van der Waals surface area (Å²) in [5.74, 6) is 0. The van der Waals surface area contributed by atoms with Crippen molar-refractivity contribution in [3.05, 3.63) is 0 Å². The number of carbonyl (C=O) groups excluding carboxylic acids is 1. The van der Waals surface area contributed by atoms with E-state index in [-0.39, 0.29) is 0 Å². The highest BCUT2D eigenvalue weighted by Crippen LogP contribution is 2.29. The summed E-state index contributed by atoms with van der Waals surface area (Å²) in [7, 11) is 0. The van der Waals surface area contributed by atoms with Crippen LogP contribution >= 0.6 is 0 Å². The Hall–Kier alpha value is -0.530. The number of hydrogen-bond acceptors (Lipinski definition) is 1. The lowest BCUT2D eigenvalue weighted by Gasteiger charge is -2.34. The van der Waals surface area contributed by atoms with Crippen molar-refractivity contribution in [3.63, 3.8) is 0 Å². The zero-order valence-electron chi connectivity index (χ0n) is 8.87. The van der Waals surface area contributed by atoms with Crippen LogP contribution in [0.1, 0.15) is 57.8 Å². The fourth-order valence-electron chi connectivity index (χ4n) is 2.99. The van der Waals surface area contributed by atoms with Crippen molar-refractivity contribution in [1.29, 1.82) is 0 Å². The summed E-state index contributed by atoms with van der Waals surface area (Å²) in [6.45, 7) is 0. The maximum Gasteiger partial charge on any atom is 0.312 e. The molecule has 1 radical (unpaired) electrons. The first-order valence-electron chi connectivity index (χ1n) is 6.08. The molecule has 2 aliphatic carbocycles. The molecule has 0 N–H and O–H groups in total. The summed E-state index contributed by atoms with van der Waals surface area (Å²) >= 11 is 0. The summed E-state index contributed by atoms with van der Waals surface area (Å²) in [5.41, 5.74) is 0. The zero-order valence-corrected chi connectivity index (χ0v) is 8.87. The molecule has 14 heavy (non-hydrogen) atoms. The van der Waals surface area contributed by atoms with Crippen molar-refractivity contribution in [2.75, 3.05) is 0 Å². The van der Waals surface area contributed by atoms with Gasteiger partial charge in [0, 0.05) is 12.1 Å². The first-order valence-corrected chi connectivity index (χ1v) is 6.08. The third kappa shape index (κ3) is 2.10. The van der Waals surface area contributed by atoms with Crippen LogP contribution in [0.15, 0.2) is 0 Å². The number of hydrogen-bond donors (Lipinski definition) is 0. The highest BCUT2D eigenvalue weighted by Gasteiger charge is 2.28. The lowest BCUT2D eigenvalue weighted by molar-refractivity contribution is 0.184. The van der Waals surface area contributed by atoms with E-state index in [2.05, 4.69) is 6.41 Å².